The maximum atomic E-state index is 12.0. The number of aromatic nitrogens is 2. The summed E-state index contributed by atoms with van der Waals surface area (Å²) in [7, 11) is 1.61. The van der Waals surface area contributed by atoms with Crippen molar-refractivity contribution in [2.45, 2.75) is 63.6 Å². The van der Waals surface area contributed by atoms with E-state index in [1.165, 1.54) is 37.8 Å². The number of rotatable bonds is 7. The Morgan fingerprint density at radius 1 is 1.17 bits per heavy atom. The molecule has 2 aromatic heterocycles. The van der Waals surface area contributed by atoms with Crippen LogP contribution in [0.5, 0.6) is 5.75 Å². The van der Waals surface area contributed by atoms with Crippen LogP contribution in [0.1, 0.15) is 75.0 Å². The predicted octanol–water partition coefficient (Wildman–Crippen LogP) is 5.92. The summed E-state index contributed by atoms with van der Waals surface area (Å²) in [6, 6.07) is 16.5. The second-order valence-electron chi connectivity index (χ2n) is 9.42. The van der Waals surface area contributed by atoms with E-state index >= 15 is 0 Å². The molecule has 2 fully saturated rings. The number of carbonyl (C=O) groups is 1. The fourth-order valence-corrected chi connectivity index (χ4v) is 5.80. The average molecular weight is 504 g/mol. The minimum Gasteiger partial charge on any atom is -0.494 e. The van der Waals surface area contributed by atoms with E-state index in [9.17, 15) is 4.79 Å². The second kappa shape index (κ2) is 10.7. The first-order chi connectivity index (χ1) is 17.6. The van der Waals surface area contributed by atoms with E-state index in [1.807, 2.05) is 43.5 Å². The Labute approximate surface area is 217 Å². The lowest BCUT2D eigenvalue weighted by atomic mass is 9.94. The molecule has 2 N–H and O–H groups in total. The number of carbonyl (C=O) groups excluding carboxylic acids is 1. The first-order valence-electron chi connectivity index (χ1n) is 12.8. The monoisotopic (exact) mass is 503 g/mol. The van der Waals surface area contributed by atoms with Crippen molar-refractivity contribution in [1.29, 1.82) is 0 Å². The van der Waals surface area contributed by atoms with Crippen molar-refractivity contribution >= 4 is 34.6 Å². The molecule has 2 aliphatic rings. The highest BCUT2D eigenvalue weighted by molar-refractivity contribution is 7.80. The van der Waals surface area contributed by atoms with Gasteiger partial charge < -0.3 is 24.8 Å². The van der Waals surface area contributed by atoms with Crippen LogP contribution in [0, 0.1) is 0 Å². The van der Waals surface area contributed by atoms with Gasteiger partial charge in [-0.25, -0.2) is 0 Å². The summed E-state index contributed by atoms with van der Waals surface area (Å²) in [4.78, 5) is 18.9. The van der Waals surface area contributed by atoms with Crippen molar-refractivity contribution in [3.05, 3.63) is 72.3 Å². The van der Waals surface area contributed by atoms with Gasteiger partial charge in [0.05, 0.1) is 24.5 Å². The zero-order chi connectivity index (χ0) is 25.1. The van der Waals surface area contributed by atoms with Crippen LogP contribution in [0.3, 0.4) is 0 Å². The molecule has 5 rings (SSSR count). The number of amides is 1. The van der Waals surface area contributed by atoms with E-state index < -0.39 is 0 Å². The third kappa shape index (κ3) is 4.69. The van der Waals surface area contributed by atoms with Gasteiger partial charge in [0, 0.05) is 42.3 Å². The number of ether oxygens (including phenoxy) is 1. The Morgan fingerprint density at radius 2 is 2.00 bits per heavy atom. The van der Waals surface area contributed by atoms with E-state index in [0.717, 1.165) is 11.4 Å². The fraction of sp³-hybridized carbons (Fsp3) is 0.393. The number of nitrogens with zero attached hydrogens (tertiary/aromatic N) is 3. The summed E-state index contributed by atoms with van der Waals surface area (Å²) in [6.45, 7) is 1.83. The third-order valence-corrected chi connectivity index (χ3v) is 7.55. The Bertz CT molecular complexity index is 1220. The predicted molar refractivity (Wildman–Crippen MR) is 146 cm³/mol. The summed E-state index contributed by atoms with van der Waals surface area (Å²) >= 11 is 5.92. The smallest absolute Gasteiger partial charge is 0.224 e. The number of pyridine rings is 1. The number of anilines is 2. The number of hydrogen-bond acceptors (Lipinski definition) is 4. The molecular formula is C28H33N5O2S. The Morgan fingerprint density at radius 3 is 2.72 bits per heavy atom. The van der Waals surface area contributed by atoms with Crippen molar-refractivity contribution in [2.24, 2.45) is 0 Å². The second-order valence-corrected chi connectivity index (χ2v) is 9.80. The first kappa shape index (κ1) is 24.3. The first-order valence-corrected chi connectivity index (χ1v) is 13.2. The van der Waals surface area contributed by atoms with Crippen molar-refractivity contribution in [3.8, 4) is 5.75 Å². The highest BCUT2D eigenvalue weighted by Crippen LogP contribution is 2.44. The maximum Gasteiger partial charge on any atom is 0.224 e. The number of nitrogens with one attached hydrogen (secondary N) is 2. The van der Waals surface area contributed by atoms with Crippen LogP contribution < -0.4 is 20.3 Å². The molecule has 0 spiro atoms. The van der Waals surface area contributed by atoms with Crippen LogP contribution in [-0.4, -0.2) is 27.7 Å². The summed E-state index contributed by atoms with van der Waals surface area (Å²) < 4.78 is 8.11. The topological polar surface area (TPSA) is 71.4 Å². The SMILES string of the molecule is CCC(=O)Nc1ccc(N2C(=S)N[C@@H](c3ccccn3)[C@H]2c2cccn2C2CCCCC2)cc1OC. The van der Waals surface area contributed by atoms with Crippen molar-refractivity contribution in [2.75, 3.05) is 17.3 Å². The zero-order valence-corrected chi connectivity index (χ0v) is 21.6. The summed E-state index contributed by atoms with van der Waals surface area (Å²) in [6.07, 6.45) is 10.7. The van der Waals surface area contributed by atoms with E-state index in [-0.39, 0.29) is 18.0 Å². The lowest BCUT2D eigenvalue weighted by Crippen LogP contribution is -2.31. The molecule has 3 aromatic rings. The fourth-order valence-electron chi connectivity index (χ4n) is 5.45. The van der Waals surface area contributed by atoms with E-state index in [1.54, 1.807) is 7.11 Å². The van der Waals surface area contributed by atoms with Crippen molar-refractivity contribution < 1.29 is 9.53 Å². The molecular weight excluding hydrogens is 470 g/mol. The molecule has 0 radical (unpaired) electrons. The minimum atomic E-state index is -0.110. The van der Waals surface area contributed by atoms with E-state index in [2.05, 4.69) is 49.5 Å². The molecule has 36 heavy (non-hydrogen) atoms. The van der Waals surface area contributed by atoms with Gasteiger partial charge in [-0.05, 0) is 61.5 Å². The molecule has 1 aliphatic heterocycles. The molecule has 1 aromatic carbocycles. The molecule has 8 heteroatoms. The van der Waals surface area contributed by atoms with Crippen LogP contribution in [-0.2, 0) is 4.79 Å². The molecule has 7 nitrogen and oxygen atoms in total. The van der Waals surface area contributed by atoms with Gasteiger partial charge in [0.15, 0.2) is 5.11 Å². The number of hydrogen-bond donors (Lipinski definition) is 2. The Kier molecular flexibility index (Phi) is 7.23. The highest BCUT2D eigenvalue weighted by atomic mass is 32.1. The van der Waals surface area contributed by atoms with Crippen LogP contribution >= 0.6 is 12.2 Å². The zero-order valence-electron chi connectivity index (χ0n) is 20.8. The lowest BCUT2D eigenvalue weighted by Gasteiger charge is -2.32. The Hall–Kier alpha value is -3.39. The quantitative estimate of drug-likeness (QED) is 0.390. The molecule has 188 valence electrons. The molecule has 1 saturated carbocycles. The largest absolute Gasteiger partial charge is 0.494 e. The highest BCUT2D eigenvalue weighted by Gasteiger charge is 2.42. The molecule has 1 aliphatic carbocycles. The van der Waals surface area contributed by atoms with Crippen LogP contribution in [0.25, 0.3) is 0 Å². The standard InChI is InChI=1S/C28H33N5O2S/c1-3-25(34)30-21-15-14-20(18-24(21)35-2)33-27(26(31-28(33)36)22-12-7-8-16-29-22)23-13-9-17-32(23)19-10-5-4-6-11-19/h7-9,12-19,26-27H,3-6,10-11H2,1-2H3,(H,30,34)(H,31,36)/t26-,27+/m0/s1. The van der Waals surface area contributed by atoms with E-state index in [4.69, 9.17) is 17.0 Å². The molecule has 0 bridgehead atoms. The summed E-state index contributed by atoms with van der Waals surface area (Å²) in [5, 5.41) is 7.11. The summed E-state index contributed by atoms with van der Waals surface area (Å²) in [5.74, 6) is 0.539. The van der Waals surface area contributed by atoms with Gasteiger partial charge in [0.25, 0.3) is 0 Å². The van der Waals surface area contributed by atoms with Gasteiger partial charge in [-0.3, -0.25) is 9.78 Å². The van der Waals surface area contributed by atoms with Crippen LogP contribution in [0.15, 0.2) is 60.9 Å². The Balaban J connectivity index is 1.58. The van der Waals surface area contributed by atoms with Crippen molar-refractivity contribution in [3.63, 3.8) is 0 Å². The molecule has 3 heterocycles. The number of benzene rings is 1. The summed E-state index contributed by atoms with van der Waals surface area (Å²) in [5.41, 5.74) is 3.71. The minimum absolute atomic E-state index is 0.0576. The number of thiocarbonyl (C=S) groups is 1. The van der Waals surface area contributed by atoms with Gasteiger partial charge in [0.2, 0.25) is 5.91 Å². The average Bonchev–Trinajstić information content (AvgIpc) is 3.54. The van der Waals surface area contributed by atoms with Gasteiger partial charge >= 0.3 is 0 Å². The molecule has 1 saturated heterocycles. The van der Waals surface area contributed by atoms with Gasteiger partial charge in [-0.15, -0.1) is 0 Å². The van der Waals surface area contributed by atoms with Gasteiger partial charge in [0.1, 0.15) is 11.8 Å². The molecule has 1 amide bonds. The van der Waals surface area contributed by atoms with Crippen molar-refractivity contribution in [1.82, 2.24) is 14.9 Å². The van der Waals surface area contributed by atoms with Gasteiger partial charge in [-0.2, -0.15) is 0 Å². The normalized spacial score (nSPS) is 20.3. The number of methoxy groups -OCH3 is 1. The van der Waals surface area contributed by atoms with Crippen LogP contribution in [0.2, 0.25) is 0 Å². The van der Waals surface area contributed by atoms with E-state index in [0.29, 0.717) is 29.0 Å². The molecule has 2 atom stereocenters. The van der Waals surface area contributed by atoms with Crippen LogP contribution in [0.4, 0.5) is 11.4 Å². The lowest BCUT2D eigenvalue weighted by molar-refractivity contribution is -0.115. The third-order valence-electron chi connectivity index (χ3n) is 7.24. The van der Waals surface area contributed by atoms with Gasteiger partial charge in [-0.1, -0.05) is 32.3 Å². The maximum absolute atomic E-state index is 12.0. The molecule has 0 unspecified atom stereocenters.